The lowest BCUT2D eigenvalue weighted by Crippen LogP contribution is -2.45. The van der Waals surface area contributed by atoms with Crippen molar-refractivity contribution in [3.63, 3.8) is 0 Å². The standard InChI is InChI=1S/C9H20O5/c1-2-3-4-6(11)8(13)9(14)7(12)5-10/h6-14H,2-5H2,1H3/t6-,7-,8-,9-/m1/s1. The van der Waals surface area contributed by atoms with Crippen LogP contribution in [0, 0.1) is 0 Å². The summed E-state index contributed by atoms with van der Waals surface area (Å²) in [5.41, 5.74) is 0. The molecule has 86 valence electrons. The van der Waals surface area contributed by atoms with Gasteiger partial charge in [-0.15, -0.1) is 0 Å². The van der Waals surface area contributed by atoms with E-state index in [4.69, 9.17) is 10.2 Å². The number of hydrogen-bond donors (Lipinski definition) is 5. The summed E-state index contributed by atoms with van der Waals surface area (Å²) < 4.78 is 0. The molecule has 0 saturated heterocycles. The van der Waals surface area contributed by atoms with Gasteiger partial charge in [-0.05, 0) is 6.42 Å². The highest BCUT2D eigenvalue weighted by Gasteiger charge is 2.29. The second-order valence-electron chi connectivity index (χ2n) is 3.44. The predicted octanol–water partition coefficient (Wildman–Crippen LogP) is -1.39. The van der Waals surface area contributed by atoms with Gasteiger partial charge >= 0.3 is 0 Å². The lowest BCUT2D eigenvalue weighted by molar-refractivity contribution is -0.116. The molecule has 0 aromatic heterocycles. The van der Waals surface area contributed by atoms with Gasteiger partial charge in [0.25, 0.3) is 0 Å². The number of hydrogen-bond acceptors (Lipinski definition) is 5. The van der Waals surface area contributed by atoms with E-state index in [0.717, 1.165) is 12.8 Å². The minimum absolute atomic E-state index is 0.368. The summed E-state index contributed by atoms with van der Waals surface area (Å²) in [6.07, 6.45) is -3.42. The Morgan fingerprint density at radius 1 is 0.929 bits per heavy atom. The maximum Gasteiger partial charge on any atom is 0.110 e. The molecule has 14 heavy (non-hydrogen) atoms. The second kappa shape index (κ2) is 7.14. The Labute approximate surface area is 83.6 Å². The van der Waals surface area contributed by atoms with Gasteiger partial charge in [0.1, 0.15) is 18.3 Å². The molecule has 0 aromatic rings. The summed E-state index contributed by atoms with van der Waals surface area (Å²) in [5, 5.41) is 45.4. The van der Waals surface area contributed by atoms with Crippen LogP contribution in [0.4, 0.5) is 0 Å². The molecule has 0 saturated carbocycles. The van der Waals surface area contributed by atoms with Crippen molar-refractivity contribution in [2.45, 2.75) is 50.6 Å². The summed E-state index contributed by atoms with van der Waals surface area (Å²) >= 11 is 0. The highest BCUT2D eigenvalue weighted by atomic mass is 16.4. The molecule has 0 heterocycles. The molecule has 5 heteroatoms. The van der Waals surface area contributed by atoms with Crippen LogP contribution >= 0.6 is 0 Å². The van der Waals surface area contributed by atoms with Crippen LogP contribution in [-0.4, -0.2) is 56.6 Å². The number of aliphatic hydroxyl groups is 5. The first-order valence-corrected chi connectivity index (χ1v) is 4.87. The van der Waals surface area contributed by atoms with E-state index in [2.05, 4.69) is 0 Å². The van der Waals surface area contributed by atoms with E-state index in [1.165, 1.54) is 0 Å². The van der Waals surface area contributed by atoms with Crippen molar-refractivity contribution in [1.29, 1.82) is 0 Å². The third-order valence-corrected chi connectivity index (χ3v) is 2.18. The molecule has 0 radical (unpaired) electrons. The smallest absolute Gasteiger partial charge is 0.110 e. The van der Waals surface area contributed by atoms with Crippen LogP contribution in [-0.2, 0) is 0 Å². The van der Waals surface area contributed by atoms with E-state index >= 15 is 0 Å². The molecule has 0 aliphatic rings. The van der Waals surface area contributed by atoms with E-state index < -0.39 is 31.0 Å². The summed E-state index contributed by atoms with van der Waals surface area (Å²) in [5.74, 6) is 0. The molecule has 0 aliphatic carbocycles. The van der Waals surface area contributed by atoms with Crippen LogP contribution in [0.2, 0.25) is 0 Å². The van der Waals surface area contributed by atoms with Crippen molar-refractivity contribution in [3.05, 3.63) is 0 Å². The molecule has 4 atom stereocenters. The Kier molecular flexibility index (Phi) is 7.04. The Morgan fingerprint density at radius 3 is 1.86 bits per heavy atom. The molecule has 0 bridgehead atoms. The fraction of sp³-hybridized carbons (Fsp3) is 1.00. The van der Waals surface area contributed by atoms with Gasteiger partial charge in [0.2, 0.25) is 0 Å². The molecular weight excluding hydrogens is 188 g/mol. The molecular formula is C9H20O5. The Morgan fingerprint density at radius 2 is 1.43 bits per heavy atom. The van der Waals surface area contributed by atoms with E-state index in [-0.39, 0.29) is 0 Å². The zero-order valence-corrected chi connectivity index (χ0v) is 8.37. The summed E-state index contributed by atoms with van der Waals surface area (Å²) in [6, 6.07) is 0. The van der Waals surface area contributed by atoms with Gasteiger partial charge in [-0.1, -0.05) is 19.8 Å². The van der Waals surface area contributed by atoms with Crippen molar-refractivity contribution >= 4 is 0 Å². The van der Waals surface area contributed by atoms with Gasteiger partial charge in [-0.25, -0.2) is 0 Å². The van der Waals surface area contributed by atoms with Crippen LogP contribution < -0.4 is 0 Å². The zero-order chi connectivity index (χ0) is 11.1. The molecule has 0 aliphatic heterocycles. The lowest BCUT2D eigenvalue weighted by Gasteiger charge is -2.25. The molecule has 5 N–H and O–H groups in total. The monoisotopic (exact) mass is 208 g/mol. The first-order valence-electron chi connectivity index (χ1n) is 4.87. The van der Waals surface area contributed by atoms with E-state index in [1.54, 1.807) is 0 Å². The SMILES string of the molecule is CCCC[C@@H](O)[C@@H](O)[C@H](O)[C@H](O)CO. The normalized spacial score (nSPS) is 20.1. The van der Waals surface area contributed by atoms with Crippen LogP contribution in [0.25, 0.3) is 0 Å². The molecule has 0 spiro atoms. The van der Waals surface area contributed by atoms with Crippen LogP contribution in [0.1, 0.15) is 26.2 Å². The van der Waals surface area contributed by atoms with E-state index in [0.29, 0.717) is 6.42 Å². The number of unbranched alkanes of at least 4 members (excludes halogenated alkanes) is 1. The van der Waals surface area contributed by atoms with Gasteiger partial charge in [0.05, 0.1) is 12.7 Å². The van der Waals surface area contributed by atoms with Gasteiger partial charge in [0, 0.05) is 0 Å². The maximum atomic E-state index is 9.36. The largest absolute Gasteiger partial charge is 0.394 e. The van der Waals surface area contributed by atoms with E-state index in [9.17, 15) is 15.3 Å². The highest BCUT2D eigenvalue weighted by molar-refractivity contribution is 4.80. The highest BCUT2D eigenvalue weighted by Crippen LogP contribution is 2.10. The predicted molar refractivity (Wildman–Crippen MR) is 50.6 cm³/mol. The molecule has 5 nitrogen and oxygen atoms in total. The average Bonchev–Trinajstić information content (AvgIpc) is 2.22. The fourth-order valence-corrected chi connectivity index (χ4v) is 1.15. The molecule has 0 aromatic carbocycles. The van der Waals surface area contributed by atoms with Crippen molar-refractivity contribution in [1.82, 2.24) is 0 Å². The average molecular weight is 208 g/mol. The van der Waals surface area contributed by atoms with Crippen molar-refractivity contribution in [2.75, 3.05) is 6.61 Å². The van der Waals surface area contributed by atoms with Crippen LogP contribution in [0.15, 0.2) is 0 Å². The van der Waals surface area contributed by atoms with Gasteiger partial charge in [0.15, 0.2) is 0 Å². The quantitative estimate of drug-likeness (QED) is 0.355. The molecule has 0 amide bonds. The topological polar surface area (TPSA) is 101 Å². The number of rotatable bonds is 7. The molecule has 0 unspecified atom stereocenters. The second-order valence-corrected chi connectivity index (χ2v) is 3.44. The minimum Gasteiger partial charge on any atom is -0.394 e. The zero-order valence-electron chi connectivity index (χ0n) is 8.37. The first kappa shape index (κ1) is 13.8. The summed E-state index contributed by atoms with van der Waals surface area (Å²) in [4.78, 5) is 0. The third kappa shape index (κ3) is 4.34. The van der Waals surface area contributed by atoms with Gasteiger partial charge in [-0.3, -0.25) is 0 Å². The third-order valence-electron chi connectivity index (χ3n) is 2.18. The van der Waals surface area contributed by atoms with Crippen LogP contribution in [0.5, 0.6) is 0 Å². The Balaban J connectivity index is 3.95. The lowest BCUT2D eigenvalue weighted by atomic mass is 9.99. The van der Waals surface area contributed by atoms with Gasteiger partial charge < -0.3 is 25.5 Å². The Hall–Kier alpha value is -0.200. The molecule has 0 rings (SSSR count). The van der Waals surface area contributed by atoms with Crippen molar-refractivity contribution in [2.24, 2.45) is 0 Å². The van der Waals surface area contributed by atoms with Crippen molar-refractivity contribution in [3.8, 4) is 0 Å². The fourth-order valence-electron chi connectivity index (χ4n) is 1.15. The first-order chi connectivity index (χ1) is 6.54. The number of aliphatic hydroxyl groups excluding tert-OH is 5. The maximum absolute atomic E-state index is 9.36. The van der Waals surface area contributed by atoms with E-state index in [1.807, 2.05) is 6.92 Å². The summed E-state index contributed by atoms with van der Waals surface area (Å²) in [7, 11) is 0. The summed E-state index contributed by atoms with van der Waals surface area (Å²) in [6.45, 7) is 1.30. The minimum atomic E-state index is -1.51. The van der Waals surface area contributed by atoms with Crippen molar-refractivity contribution < 1.29 is 25.5 Å². The van der Waals surface area contributed by atoms with Gasteiger partial charge in [-0.2, -0.15) is 0 Å². The Bertz CT molecular complexity index is 141. The molecule has 0 fully saturated rings. The van der Waals surface area contributed by atoms with Crippen LogP contribution in [0.3, 0.4) is 0 Å².